The zero-order valence-electron chi connectivity index (χ0n) is 24.9. The van der Waals surface area contributed by atoms with E-state index in [-0.39, 0.29) is 12.4 Å². The molecule has 9 nitrogen and oxygen atoms in total. The lowest BCUT2D eigenvalue weighted by atomic mass is 10.0. The lowest BCUT2D eigenvalue weighted by Crippen LogP contribution is -2.49. The Morgan fingerprint density at radius 2 is 1.59 bits per heavy atom. The zero-order valence-corrected chi connectivity index (χ0v) is 24.9. The molecule has 3 atom stereocenters. The fraction of sp³-hybridized carbons (Fsp3) is 0.833. The molecule has 1 fully saturated rings. The molecular weight excluding hydrogens is 498 g/mol. The van der Waals surface area contributed by atoms with Crippen molar-refractivity contribution in [1.82, 2.24) is 9.55 Å². The third-order valence-corrected chi connectivity index (χ3v) is 7.78. The summed E-state index contributed by atoms with van der Waals surface area (Å²) in [5, 5.41) is 10.6. The second-order valence-electron chi connectivity index (χ2n) is 12.0. The van der Waals surface area contributed by atoms with Crippen LogP contribution < -0.4 is 11.2 Å². The molecule has 0 spiro atoms. The molecule has 2 rings (SSSR count). The number of nitrogens with zero attached hydrogens (tertiary/aromatic N) is 2. The summed E-state index contributed by atoms with van der Waals surface area (Å²) in [4.78, 5) is 38.3. The van der Waals surface area contributed by atoms with Crippen LogP contribution >= 0.6 is 0 Å². The largest absolute Gasteiger partial charge is 0.460 e. The van der Waals surface area contributed by atoms with E-state index < -0.39 is 29.7 Å². The topological polar surface area (TPSA) is 111 Å². The predicted molar refractivity (Wildman–Crippen MR) is 154 cm³/mol. The molecule has 9 heteroatoms. The monoisotopic (exact) mass is 552 g/mol. The van der Waals surface area contributed by atoms with Crippen molar-refractivity contribution in [3.63, 3.8) is 0 Å². The van der Waals surface area contributed by atoms with E-state index in [1.54, 1.807) is 6.92 Å². The third kappa shape index (κ3) is 12.8. The minimum atomic E-state index is -0.732. The summed E-state index contributed by atoms with van der Waals surface area (Å²) in [6.07, 6.45) is 17.0. The normalized spacial score (nSPS) is 19.5. The highest BCUT2D eigenvalue weighted by Crippen LogP contribution is 2.29. The van der Waals surface area contributed by atoms with Gasteiger partial charge < -0.3 is 19.1 Å². The summed E-state index contributed by atoms with van der Waals surface area (Å²) in [5.74, 6) is -0.150. The first-order chi connectivity index (χ1) is 18.6. The highest BCUT2D eigenvalue weighted by Gasteiger charge is 2.39. The lowest BCUT2D eigenvalue weighted by Gasteiger charge is -2.32. The molecule has 1 aliphatic rings. The van der Waals surface area contributed by atoms with Crippen molar-refractivity contribution >= 4 is 5.97 Å². The first-order valence-electron chi connectivity index (χ1n) is 15.3. The van der Waals surface area contributed by atoms with Gasteiger partial charge in [-0.1, -0.05) is 84.0 Å². The molecule has 0 unspecified atom stereocenters. The Hall–Kier alpha value is -1.97. The van der Waals surface area contributed by atoms with Crippen LogP contribution in [0.3, 0.4) is 0 Å². The molecule has 1 aromatic heterocycles. The number of quaternary nitrogens is 1. The number of aliphatic hydroxyl groups is 1. The first-order valence-corrected chi connectivity index (χ1v) is 15.3. The molecule has 0 bridgehead atoms. The molecule has 1 aromatic rings. The number of ether oxygens (including phenoxy) is 2. The van der Waals surface area contributed by atoms with Crippen LogP contribution in [0.25, 0.3) is 0 Å². The molecule has 2 N–H and O–H groups in total. The van der Waals surface area contributed by atoms with Gasteiger partial charge in [-0.05, 0) is 13.3 Å². The van der Waals surface area contributed by atoms with E-state index in [4.69, 9.17) is 9.47 Å². The van der Waals surface area contributed by atoms with Gasteiger partial charge >= 0.3 is 11.7 Å². The summed E-state index contributed by atoms with van der Waals surface area (Å²) < 4.78 is 13.3. The highest BCUT2D eigenvalue weighted by molar-refractivity contribution is 5.69. The van der Waals surface area contributed by atoms with Crippen molar-refractivity contribution in [3.05, 3.63) is 32.6 Å². The maximum atomic E-state index is 12.2. The summed E-state index contributed by atoms with van der Waals surface area (Å²) >= 11 is 0. The van der Waals surface area contributed by atoms with Crippen molar-refractivity contribution in [1.29, 1.82) is 0 Å². The Kier molecular flexibility index (Phi) is 15.1. The molecule has 0 aromatic carbocycles. The van der Waals surface area contributed by atoms with Crippen LogP contribution in [0.4, 0.5) is 0 Å². The van der Waals surface area contributed by atoms with Crippen molar-refractivity contribution < 1.29 is 23.9 Å². The Morgan fingerprint density at radius 1 is 1.03 bits per heavy atom. The van der Waals surface area contributed by atoms with Gasteiger partial charge in [0, 0.05) is 24.6 Å². The van der Waals surface area contributed by atoms with Gasteiger partial charge in [-0.3, -0.25) is 19.1 Å². The Bertz CT molecular complexity index is 957. The molecular formula is C30H54N3O6+. The molecule has 0 saturated carbocycles. The fourth-order valence-corrected chi connectivity index (χ4v) is 5.19. The van der Waals surface area contributed by atoms with Gasteiger partial charge in [0.25, 0.3) is 5.56 Å². The number of unbranched alkanes of at least 4 members (excludes halogenated alkanes) is 12. The molecule has 39 heavy (non-hydrogen) atoms. The molecule has 1 saturated heterocycles. The van der Waals surface area contributed by atoms with E-state index in [0.29, 0.717) is 36.2 Å². The number of nitrogens with one attached hydrogen (secondary N) is 1. The van der Waals surface area contributed by atoms with Gasteiger partial charge in [0.2, 0.25) is 0 Å². The molecule has 2 heterocycles. The maximum Gasteiger partial charge on any atom is 0.330 e. The number of carbonyl (C=O) groups excluding carboxylic acids is 1. The number of aromatic nitrogens is 2. The van der Waals surface area contributed by atoms with Crippen LogP contribution in [-0.4, -0.2) is 71.1 Å². The Balaban J connectivity index is 1.54. The first kappa shape index (κ1) is 33.2. The number of H-pyrrole nitrogens is 1. The number of hydrogen-bond acceptors (Lipinski definition) is 6. The van der Waals surface area contributed by atoms with Gasteiger partial charge in [-0.2, -0.15) is 0 Å². The average molecular weight is 553 g/mol. The van der Waals surface area contributed by atoms with Gasteiger partial charge in [-0.25, -0.2) is 4.79 Å². The second kappa shape index (κ2) is 17.7. The average Bonchev–Trinajstić information content (AvgIpc) is 3.23. The van der Waals surface area contributed by atoms with Gasteiger partial charge in [0.1, 0.15) is 32.0 Å². The molecule has 0 radical (unpaired) electrons. The van der Waals surface area contributed by atoms with E-state index in [0.717, 1.165) is 12.8 Å². The van der Waals surface area contributed by atoms with Crippen LogP contribution in [0, 0.1) is 6.92 Å². The number of aromatic amines is 1. The van der Waals surface area contributed by atoms with Crippen molar-refractivity contribution in [2.24, 2.45) is 0 Å². The zero-order chi connectivity index (χ0) is 28.7. The van der Waals surface area contributed by atoms with E-state index in [1.165, 1.54) is 81.4 Å². The fourth-order valence-electron chi connectivity index (χ4n) is 5.19. The maximum absolute atomic E-state index is 12.2. The third-order valence-electron chi connectivity index (χ3n) is 7.78. The number of likely N-dealkylation sites (N-methyl/N-ethyl adjacent to an activating group) is 1. The van der Waals surface area contributed by atoms with Crippen LogP contribution in [0.15, 0.2) is 15.8 Å². The van der Waals surface area contributed by atoms with Crippen LogP contribution in [0.5, 0.6) is 0 Å². The van der Waals surface area contributed by atoms with Gasteiger partial charge in [0.15, 0.2) is 0 Å². The van der Waals surface area contributed by atoms with Crippen molar-refractivity contribution in [3.8, 4) is 0 Å². The highest BCUT2D eigenvalue weighted by atomic mass is 16.5. The van der Waals surface area contributed by atoms with E-state index in [1.807, 2.05) is 14.1 Å². The van der Waals surface area contributed by atoms with E-state index in [2.05, 4.69) is 11.9 Å². The SMILES string of the molecule is CCCCCCCCCCCCCCCC(=O)OCC[N+](C)(C)C[C@H]1O[C@@H](n2cc(C)c(=O)[nH]c2=O)C[C@@H]1O. The number of rotatable bonds is 20. The summed E-state index contributed by atoms with van der Waals surface area (Å²) in [7, 11) is 4.00. The Morgan fingerprint density at radius 3 is 2.18 bits per heavy atom. The summed E-state index contributed by atoms with van der Waals surface area (Å²) in [5.41, 5.74) is -0.562. The number of hydrogen-bond donors (Lipinski definition) is 2. The van der Waals surface area contributed by atoms with Gasteiger partial charge in [0.05, 0.1) is 20.2 Å². The number of aryl methyl sites for hydroxylation is 1. The number of carbonyl (C=O) groups is 1. The predicted octanol–water partition coefficient (Wildman–Crippen LogP) is 4.59. The standard InChI is InChI=1S/C30H53N3O6/c1-5-6-7-8-9-10-11-12-13-14-15-16-17-18-28(35)38-20-19-33(3,4)23-26-25(34)21-27(39-26)32-22-24(2)29(36)31-30(32)37/h22,25-27,34H,5-21,23H2,1-4H3/p+1/t25-,26+,27+/m0/s1. The van der Waals surface area contributed by atoms with Gasteiger partial charge in [-0.15, -0.1) is 0 Å². The van der Waals surface area contributed by atoms with Crippen molar-refractivity contribution in [2.45, 2.75) is 129 Å². The van der Waals surface area contributed by atoms with E-state index in [9.17, 15) is 19.5 Å². The molecule has 0 aliphatic carbocycles. The van der Waals surface area contributed by atoms with E-state index >= 15 is 0 Å². The second-order valence-corrected chi connectivity index (χ2v) is 12.0. The molecule has 224 valence electrons. The quantitative estimate of drug-likeness (QED) is 0.139. The number of aliphatic hydroxyl groups excluding tert-OH is 1. The molecule has 1 aliphatic heterocycles. The number of esters is 1. The molecule has 0 amide bonds. The van der Waals surface area contributed by atoms with Crippen LogP contribution in [0.2, 0.25) is 0 Å². The lowest BCUT2D eigenvalue weighted by molar-refractivity contribution is -0.893. The van der Waals surface area contributed by atoms with Crippen LogP contribution in [0.1, 0.15) is 115 Å². The summed E-state index contributed by atoms with van der Waals surface area (Å²) in [6.45, 7) is 5.30. The minimum absolute atomic E-state index is 0.150. The Labute approximate surface area is 234 Å². The smallest absolute Gasteiger partial charge is 0.330 e. The van der Waals surface area contributed by atoms with Crippen LogP contribution in [-0.2, 0) is 14.3 Å². The minimum Gasteiger partial charge on any atom is -0.460 e. The van der Waals surface area contributed by atoms with Crippen molar-refractivity contribution in [2.75, 3.05) is 33.8 Å². The summed E-state index contributed by atoms with van der Waals surface area (Å²) in [6, 6.07) is 0.